The molecule has 0 heterocycles. The Morgan fingerprint density at radius 3 is 0.565 bits per heavy atom. The van der Waals surface area contributed by atoms with Crippen molar-refractivity contribution in [2.75, 3.05) is 0 Å². The van der Waals surface area contributed by atoms with Crippen LogP contribution in [0.3, 0.4) is 0 Å². The van der Waals surface area contributed by atoms with E-state index in [1.54, 1.807) is 0 Å². The zero-order valence-electron chi connectivity index (χ0n) is 10.0. The molecule has 0 fully saturated rings. The van der Waals surface area contributed by atoms with Crippen LogP contribution in [0.4, 0.5) is 39.5 Å². The number of rotatable bonds is 0. The van der Waals surface area contributed by atoms with Gasteiger partial charge in [0.2, 0.25) is 0 Å². The van der Waals surface area contributed by atoms with E-state index in [2.05, 4.69) is 0 Å². The van der Waals surface area contributed by atoms with E-state index in [9.17, 15) is 39.5 Å². The zero-order valence-corrected chi connectivity index (χ0v) is 12.9. The maximum atomic E-state index is 10.6. The molecule has 0 aromatic heterocycles. The fourth-order valence-corrected chi connectivity index (χ4v) is 0. The Morgan fingerprint density at radius 2 is 0.565 bits per heavy atom. The Hall–Kier alpha value is -1.16. The minimum Gasteiger partial charge on any atom is -0.475 e. The summed E-state index contributed by atoms with van der Waals surface area (Å²) in [5.41, 5.74) is 0. The van der Waals surface area contributed by atoms with Crippen LogP contribution in [0.5, 0.6) is 0 Å². The monoisotopic (exact) mass is 449 g/mol. The van der Waals surface area contributed by atoms with Crippen LogP contribution < -0.4 is 0 Å². The average Bonchev–Trinajstić information content (AvgIpc) is 2.14. The minimum atomic E-state index is -5.08. The first-order chi connectivity index (χ1) is 8.83. The number of alkyl halides is 9. The topological polar surface area (TPSA) is 143 Å². The summed E-state index contributed by atoms with van der Waals surface area (Å²) < 4.78 is 95.2. The Morgan fingerprint density at radius 1 is 0.522 bits per heavy atom. The molecule has 0 unspecified atom stereocenters. The van der Waals surface area contributed by atoms with E-state index in [0.29, 0.717) is 0 Å². The second-order valence-corrected chi connectivity index (χ2v) is 2.41. The molecule has 0 atom stereocenters. The first kappa shape index (κ1) is 33.5. The number of hydrogen-bond donors (Lipinski definition) is 3. The van der Waals surface area contributed by atoms with E-state index in [0.717, 1.165) is 0 Å². The second-order valence-electron chi connectivity index (χ2n) is 2.41. The van der Waals surface area contributed by atoms with Crippen molar-refractivity contribution >= 4 is 17.9 Å². The number of carbonyl (C=O) groups is 3. The van der Waals surface area contributed by atoms with E-state index >= 15 is 0 Å². The quantitative estimate of drug-likeness (QED) is 0.473. The summed E-state index contributed by atoms with van der Waals surface area (Å²) in [5, 5.41) is 21.4. The summed E-state index contributed by atoms with van der Waals surface area (Å²) in [4.78, 5) is 26.7. The molecular weight excluding hydrogens is 444 g/mol. The fourth-order valence-electron chi connectivity index (χ4n) is 0. The van der Waals surface area contributed by atoms with Gasteiger partial charge in [0.25, 0.3) is 0 Å². The molecule has 5 N–H and O–H groups in total. The van der Waals surface area contributed by atoms with Crippen LogP contribution in [0.2, 0.25) is 0 Å². The first-order valence-corrected chi connectivity index (χ1v) is 3.73. The van der Waals surface area contributed by atoms with Gasteiger partial charge in [-0.05, 0) is 0 Å². The maximum absolute atomic E-state index is 10.6. The summed E-state index contributed by atoms with van der Waals surface area (Å²) >= 11 is 0. The smallest absolute Gasteiger partial charge is 0.475 e. The van der Waals surface area contributed by atoms with Crippen molar-refractivity contribution in [2.24, 2.45) is 0 Å². The van der Waals surface area contributed by atoms with Crippen LogP contribution >= 0.6 is 0 Å². The van der Waals surface area contributed by atoms with Crippen molar-refractivity contribution in [3.63, 3.8) is 0 Å². The van der Waals surface area contributed by atoms with Gasteiger partial charge in [0, 0.05) is 32.7 Å². The molecule has 0 aliphatic carbocycles. The summed E-state index contributed by atoms with van der Waals surface area (Å²) in [6.45, 7) is 0. The molecule has 0 spiro atoms. The van der Waals surface area contributed by atoms with Gasteiger partial charge < -0.3 is 20.8 Å². The third kappa shape index (κ3) is 26.1. The Balaban J connectivity index is -0.0000000675. The first-order valence-electron chi connectivity index (χ1n) is 3.73. The standard InChI is InChI=1S/3C2HF3O2.H2O.Y/c3*3-2(4,5)1(6)7;;/h3*(H,6,7);1H2;. The molecule has 137 valence electrons. The van der Waals surface area contributed by atoms with E-state index in [1.165, 1.54) is 0 Å². The predicted octanol–water partition coefficient (Wildman–Crippen LogP) is 1.07. The molecule has 7 nitrogen and oxygen atoms in total. The van der Waals surface area contributed by atoms with Crippen LogP contribution in [0.25, 0.3) is 0 Å². The molecular formula is C6H5F9O7Y. The summed E-state index contributed by atoms with van der Waals surface area (Å²) in [5.74, 6) is -8.27. The summed E-state index contributed by atoms with van der Waals surface area (Å²) in [7, 11) is 0. The Kier molecular flexibility index (Phi) is 17.9. The normalized spacial score (nSPS) is 10.3. The zero-order chi connectivity index (χ0) is 18.2. The SMILES string of the molecule is O.O=C(O)C(F)(F)F.O=C(O)C(F)(F)F.O=C(O)C(F)(F)F.[Y]. The van der Waals surface area contributed by atoms with Crippen LogP contribution in [-0.2, 0) is 47.1 Å². The second kappa shape index (κ2) is 12.3. The maximum Gasteiger partial charge on any atom is 0.490 e. The molecule has 0 bridgehead atoms. The van der Waals surface area contributed by atoms with Gasteiger partial charge in [0.05, 0.1) is 0 Å². The molecule has 23 heavy (non-hydrogen) atoms. The fraction of sp³-hybridized carbons (Fsp3) is 0.500. The van der Waals surface area contributed by atoms with Gasteiger partial charge in [-0.1, -0.05) is 0 Å². The molecule has 0 saturated carbocycles. The predicted molar refractivity (Wildman–Crippen MR) is 44.7 cm³/mol. The van der Waals surface area contributed by atoms with Gasteiger partial charge in [-0.3, -0.25) is 0 Å². The van der Waals surface area contributed by atoms with E-state index in [4.69, 9.17) is 29.7 Å². The van der Waals surface area contributed by atoms with E-state index in [1.807, 2.05) is 0 Å². The molecule has 1 radical (unpaired) electrons. The molecule has 17 heteroatoms. The number of hydrogen-bond acceptors (Lipinski definition) is 3. The molecule has 0 aliphatic heterocycles. The van der Waals surface area contributed by atoms with Gasteiger partial charge in [-0.25, -0.2) is 14.4 Å². The van der Waals surface area contributed by atoms with Crippen LogP contribution in [0.15, 0.2) is 0 Å². The van der Waals surface area contributed by atoms with Crippen LogP contribution in [0, 0.1) is 0 Å². The van der Waals surface area contributed by atoms with Crippen molar-refractivity contribution in [3.8, 4) is 0 Å². The molecule has 0 saturated heterocycles. The van der Waals surface area contributed by atoms with Crippen molar-refractivity contribution in [1.82, 2.24) is 0 Å². The van der Waals surface area contributed by atoms with E-state index < -0.39 is 36.4 Å². The third-order valence-corrected chi connectivity index (χ3v) is 0.728. The van der Waals surface area contributed by atoms with Crippen LogP contribution in [0.1, 0.15) is 0 Å². The molecule has 0 rings (SSSR count). The number of aliphatic carboxylic acids is 3. The van der Waals surface area contributed by atoms with Gasteiger partial charge in [0.15, 0.2) is 0 Å². The molecule has 0 aliphatic rings. The van der Waals surface area contributed by atoms with Crippen molar-refractivity contribution < 1.29 is 107 Å². The van der Waals surface area contributed by atoms with Crippen molar-refractivity contribution in [3.05, 3.63) is 0 Å². The molecule has 0 aromatic rings. The number of carboxylic acid groups (broad SMARTS) is 3. The van der Waals surface area contributed by atoms with Gasteiger partial charge in [-0.15, -0.1) is 0 Å². The minimum absolute atomic E-state index is 0. The van der Waals surface area contributed by atoms with E-state index in [-0.39, 0.29) is 38.2 Å². The number of carboxylic acids is 3. The Labute approximate surface area is 144 Å². The average molecular weight is 449 g/mol. The number of halogens is 9. The molecule has 0 aromatic carbocycles. The Bertz CT molecular complexity index is 315. The van der Waals surface area contributed by atoms with Gasteiger partial charge in [0.1, 0.15) is 0 Å². The largest absolute Gasteiger partial charge is 0.490 e. The van der Waals surface area contributed by atoms with Gasteiger partial charge >= 0.3 is 36.4 Å². The summed E-state index contributed by atoms with van der Waals surface area (Å²) in [6, 6.07) is 0. The van der Waals surface area contributed by atoms with Gasteiger partial charge in [-0.2, -0.15) is 39.5 Å². The summed E-state index contributed by atoms with van der Waals surface area (Å²) in [6.07, 6.45) is -15.3. The van der Waals surface area contributed by atoms with Crippen molar-refractivity contribution in [2.45, 2.75) is 18.5 Å². The third-order valence-electron chi connectivity index (χ3n) is 0.728. The van der Waals surface area contributed by atoms with Crippen molar-refractivity contribution in [1.29, 1.82) is 0 Å². The molecule has 0 amide bonds. The van der Waals surface area contributed by atoms with Crippen LogP contribution in [-0.4, -0.2) is 57.2 Å².